The molecule has 0 unspecified atom stereocenters. The van der Waals surface area contributed by atoms with Gasteiger partial charge in [0.05, 0.1) is 18.3 Å². The van der Waals surface area contributed by atoms with Gasteiger partial charge < -0.3 is 19.5 Å². The number of carboxylic acid groups (broad SMARTS) is 1. The van der Waals surface area contributed by atoms with Gasteiger partial charge in [0.25, 0.3) is 5.91 Å². The molecule has 2 aliphatic rings. The highest BCUT2D eigenvalue weighted by Gasteiger charge is 2.30. The van der Waals surface area contributed by atoms with E-state index in [0.717, 1.165) is 24.8 Å². The van der Waals surface area contributed by atoms with Crippen LogP contribution in [-0.2, 0) is 11.3 Å². The van der Waals surface area contributed by atoms with Crippen LogP contribution >= 0.6 is 11.6 Å². The van der Waals surface area contributed by atoms with Gasteiger partial charge >= 0.3 is 5.97 Å². The Morgan fingerprint density at radius 2 is 2.11 bits per heavy atom. The Labute approximate surface area is 161 Å². The van der Waals surface area contributed by atoms with Crippen molar-refractivity contribution in [3.63, 3.8) is 0 Å². The van der Waals surface area contributed by atoms with Crippen LogP contribution in [0.4, 0.5) is 5.69 Å². The number of anilines is 1. The van der Waals surface area contributed by atoms with Gasteiger partial charge in [-0.1, -0.05) is 17.7 Å². The van der Waals surface area contributed by atoms with E-state index >= 15 is 0 Å². The maximum Gasteiger partial charge on any atom is 0.339 e. The predicted octanol–water partition coefficient (Wildman–Crippen LogP) is 3.90. The summed E-state index contributed by atoms with van der Waals surface area (Å²) in [7, 11) is 0. The summed E-state index contributed by atoms with van der Waals surface area (Å²) in [5.74, 6) is -0.454. The maximum atomic E-state index is 12.5. The van der Waals surface area contributed by atoms with E-state index in [1.54, 1.807) is 24.3 Å². The first-order valence-electron chi connectivity index (χ1n) is 8.77. The molecule has 4 rings (SSSR count). The van der Waals surface area contributed by atoms with E-state index in [1.807, 2.05) is 6.07 Å². The molecule has 0 bridgehead atoms. The first kappa shape index (κ1) is 17.7. The lowest BCUT2D eigenvalue weighted by Crippen LogP contribution is -2.39. The predicted molar refractivity (Wildman–Crippen MR) is 99.8 cm³/mol. The van der Waals surface area contributed by atoms with E-state index in [-0.39, 0.29) is 36.5 Å². The number of hydrogen-bond acceptors (Lipinski definition) is 4. The minimum absolute atomic E-state index is 0.0297. The summed E-state index contributed by atoms with van der Waals surface area (Å²) < 4.78 is 11.5. The Bertz CT molecular complexity index is 909. The fraction of sp³-hybridized carbons (Fsp3) is 0.300. The zero-order valence-corrected chi connectivity index (χ0v) is 15.2. The lowest BCUT2D eigenvalue weighted by Gasteiger charge is -2.32. The van der Waals surface area contributed by atoms with Crippen molar-refractivity contribution in [3.8, 4) is 11.5 Å². The number of carboxylic acids is 1. The molecule has 1 fully saturated rings. The number of rotatable bonds is 5. The van der Waals surface area contributed by atoms with Crippen molar-refractivity contribution in [2.24, 2.45) is 0 Å². The van der Waals surface area contributed by atoms with Crippen LogP contribution in [-0.4, -0.2) is 29.7 Å². The number of fused-ring (bicyclic) bond motifs is 1. The summed E-state index contributed by atoms with van der Waals surface area (Å²) in [4.78, 5) is 25.5. The second kappa shape index (κ2) is 7.12. The monoisotopic (exact) mass is 387 g/mol. The van der Waals surface area contributed by atoms with Crippen LogP contribution in [0.2, 0.25) is 5.02 Å². The number of carbonyl (C=O) groups is 2. The Hall–Kier alpha value is -2.73. The largest absolute Gasteiger partial charge is 0.490 e. The highest BCUT2D eigenvalue weighted by atomic mass is 35.5. The van der Waals surface area contributed by atoms with Crippen LogP contribution in [0.25, 0.3) is 0 Å². The highest BCUT2D eigenvalue weighted by Crippen LogP contribution is 2.38. The zero-order valence-electron chi connectivity index (χ0n) is 14.5. The summed E-state index contributed by atoms with van der Waals surface area (Å²) in [5, 5.41) is 9.92. The topological polar surface area (TPSA) is 76.1 Å². The van der Waals surface area contributed by atoms with E-state index < -0.39 is 5.97 Å². The quantitative estimate of drug-likeness (QED) is 0.842. The van der Waals surface area contributed by atoms with Gasteiger partial charge in [0, 0.05) is 10.6 Å². The number of carbonyl (C=O) groups excluding carboxylic acids is 1. The van der Waals surface area contributed by atoms with Crippen molar-refractivity contribution in [2.75, 3.05) is 11.5 Å². The van der Waals surface area contributed by atoms with Crippen molar-refractivity contribution >= 4 is 29.2 Å². The Morgan fingerprint density at radius 3 is 2.81 bits per heavy atom. The molecule has 1 heterocycles. The van der Waals surface area contributed by atoms with Crippen molar-refractivity contribution < 1.29 is 24.2 Å². The van der Waals surface area contributed by atoms with Crippen molar-refractivity contribution in [2.45, 2.75) is 31.9 Å². The molecule has 0 radical (unpaired) electrons. The lowest BCUT2D eigenvalue weighted by molar-refractivity contribution is -0.121. The number of hydrogen-bond donors (Lipinski definition) is 1. The smallest absolute Gasteiger partial charge is 0.339 e. The van der Waals surface area contributed by atoms with Crippen molar-refractivity contribution in [3.05, 3.63) is 52.5 Å². The molecule has 0 spiro atoms. The molecule has 7 heteroatoms. The van der Waals surface area contributed by atoms with Gasteiger partial charge in [-0.05, 0) is 49.6 Å². The lowest BCUT2D eigenvalue weighted by atomic mass is 9.96. The van der Waals surface area contributed by atoms with E-state index in [1.165, 1.54) is 11.0 Å². The van der Waals surface area contributed by atoms with Gasteiger partial charge in [0.15, 0.2) is 12.4 Å². The van der Waals surface area contributed by atoms with E-state index in [4.69, 9.17) is 21.1 Å². The summed E-state index contributed by atoms with van der Waals surface area (Å²) >= 11 is 6.16. The summed E-state index contributed by atoms with van der Waals surface area (Å²) in [5.41, 5.74) is 1.24. The van der Waals surface area contributed by atoms with Gasteiger partial charge in [-0.15, -0.1) is 0 Å². The molecule has 1 aliphatic heterocycles. The third-order valence-electron chi connectivity index (χ3n) is 4.85. The van der Waals surface area contributed by atoms with Crippen LogP contribution in [0.1, 0.15) is 35.2 Å². The molecule has 27 heavy (non-hydrogen) atoms. The molecule has 1 N–H and O–H groups in total. The third-order valence-corrected chi connectivity index (χ3v) is 5.09. The van der Waals surface area contributed by atoms with Crippen LogP contribution in [0.15, 0.2) is 36.4 Å². The molecule has 1 aliphatic carbocycles. The zero-order chi connectivity index (χ0) is 19.0. The molecular formula is C20H18ClNO5. The average molecular weight is 388 g/mol. The van der Waals surface area contributed by atoms with Crippen LogP contribution in [0.3, 0.4) is 0 Å². The van der Waals surface area contributed by atoms with Crippen molar-refractivity contribution in [1.82, 2.24) is 0 Å². The molecular weight excluding hydrogens is 370 g/mol. The number of halogens is 1. The van der Waals surface area contributed by atoms with Gasteiger partial charge in [0.2, 0.25) is 0 Å². The van der Waals surface area contributed by atoms with Gasteiger partial charge in [-0.3, -0.25) is 4.79 Å². The van der Waals surface area contributed by atoms with Gasteiger partial charge in [0.1, 0.15) is 11.3 Å². The van der Waals surface area contributed by atoms with E-state index in [0.29, 0.717) is 16.5 Å². The Morgan fingerprint density at radius 1 is 1.30 bits per heavy atom. The van der Waals surface area contributed by atoms with Crippen LogP contribution < -0.4 is 14.4 Å². The normalized spacial score (nSPS) is 16.3. The van der Waals surface area contributed by atoms with Crippen molar-refractivity contribution in [1.29, 1.82) is 0 Å². The first-order chi connectivity index (χ1) is 13.0. The molecule has 0 atom stereocenters. The highest BCUT2D eigenvalue weighted by molar-refractivity contribution is 6.30. The molecule has 140 valence electrons. The molecule has 1 amide bonds. The molecule has 6 nitrogen and oxygen atoms in total. The fourth-order valence-corrected chi connectivity index (χ4v) is 3.40. The summed E-state index contributed by atoms with van der Waals surface area (Å²) in [6.45, 7) is 0.0115. The molecule has 2 aromatic rings. The van der Waals surface area contributed by atoms with Gasteiger partial charge in [-0.25, -0.2) is 4.79 Å². The van der Waals surface area contributed by atoms with Crippen LogP contribution in [0, 0.1) is 0 Å². The molecule has 1 saturated carbocycles. The van der Waals surface area contributed by atoms with Crippen LogP contribution in [0.5, 0.6) is 11.5 Å². The Kier molecular flexibility index (Phi) is 4.66. The number of ether oxygens (including phenoxy) is 2. The SMILES string of the molecule is O=C(O)c1cccc2c1OCC(=O)N2Cc1cc(Cl)ccc1OC1CCC1. The molecule has 0 saturated heterocycles. The minimum Gasteiger partial charge on any atom is -0.490 e. The summed E-state index contributed by atoms with van der Waals surface area (Å²) in [6, 6.07) is 10.1. The minimum atomic E-state index is -1.10. The standard InChI is InChI=1S/C20H18ClNO5/c21-13-7-8-17(27-14-3-1-4-14)12(9-13)10-22-16-6-2-5-15(20(24)25)19(16)26-11-18(22)23/h2,5-9,14H,1,3-4,10-11H2,(H,24,25). The fourth-order valence-electron chi connectivity index (χ4n) is 3.20. The Balaban J connectivity index is 1.69. The number of benzene rings is 2. The van der Waals surface area contributed by atoms with E-state index in [2.05, 4.69) is 0 Å². The number of aromatic carboxylic acids is 1. The number of nitrogens with zero attached hydrogens (tertiary/aromatic N) is 1. The average Bonchev–Trinajstić information content (AvgIpc) is 2.61. The second-order valence-corrected chi connectivity index (χ2v) is 7.09. The second-order valence-electron chi connectivity index (χ2n) is 6.65. The molecule has 0 aromatic heterocycles. The van der Waals surface area contributed by atoms with E-state index in [9.17, 15) is 14.7 Å². The third kappa shape index (κ3) is 3.45. The summed E-state index contributed by atoms with van der Waals surface area (Å²) in [6.07, 6.45) is 3.38. The van der Waals surface area contributed by atoms with Gasteiger partial charge in [-0.2, -0.15) is 0 Å². The number of amides is 1. The molecule has 2 aromatic carbocycles. The number of para-hydroxylation sites is 1. The first-order valence-corrected chi connectivity index (χ1v) is 9.15. The maximum absolute atomic E-state index is 12.5.